The zero-order valence-corrected chi connectivity index (χ0v) is 10.3. The second-order valence-corrected chi connectivity index (χ2v) is 5.05. The fourth-order valence-electron chi connectivity index (χ4n) is 2.14. The van der Waals surface area contributed by atoms with E-state index in [0.29, 0.717) is 0 Å². The zero-order valence-electron chi connectivity index (χ0n) is 10.3. The van der Waals surface area contributed by atoms with E-state index in [4.69, 9.17) is 0 Å². The predicted octanol–water partition coefficient (Wildman–Crippen LogP) is 2.42. The molecule has 0 atom stereocenters. The number of nitrogens with zero attached hydrogens (tertiary/aromatic N) is 2. The van der Waals surface area contributed by atoms with Gasteiger partial charge in [-0.15, -0.1) is 0 Å². The lowest BCUT2D eigenvalue weighted by molar-refractivity contribution is 0.330. The average molecular weight is 218 g/mol. The van der Waals surface area contributed by atoms with Gasteiger partial charge in [0.25, 0.3) is 5.56 Å². The molecule has 0 aliphatic heterocycles. The Hall–Kier alpha value is -1.51. The highest BCUT2D eigenvalue weighted by Crippen LogP contribution is 2.16. The van der Waals surface area contributed by atoms with E-state index in [1.54, 1.807) is 0 Å². The molecular weight excluding hydrogens is 200 g/mol. The van der Waals surface area contributed by atoms with Gasteiger partial charge in [-0.3, -0.25) is 9.31 Å². The Bertz CT molecular complexity index is 570. The highest BCUT2D eigenvalue weighted by Gasteiger charge is 2.21. The van der Waals surface area contributed by atoms with Gasteiger partial charge in [0.1, 0.15) is 0 Å². The SMILES string of the molecule is CCc1c(=O)n(C(C)(C)C)n2ccccc12. The number of aromatic nitrogens is 2. The minimum Gasteiger partial charge on any atom is -0.267 e. The van der Waals surface area contributed by atoms with Gasteiger partial charge in [-0.05, 0) is 39.3 Å². The second kappa shape index (κ2) is 3.51. The molecule has 0 saturated heterocycles. The smallest absolute Gasteiger partial charge is 0.267 e. The number of pyridine rings is 1. The first-order valence-electron chi connectivity index (χ1n) is 5.68. The Kier molecular flexibility index (Phi) is 2.41. The average Bonchev–Trinajstić information content (AvgIpc) is 2.48. The van der Waals surface area contributed by atoms with Crippen molar-refractivity contribution in [2.24, 2.45) is 0 Å². The monoisotopic (exact) mass is 218 g/mol. The molecule has 16 heavy (non-hydrogen) atoms. The van der Waals surface area contributed by atoms with Gasteiger partial charge in [0.2, 0.25) is 0 Å². The standard InChI is InChI=1S/C13H18N2O/c1-5-10-11-8-6-7-9-14(11)15(12(10)16)13(2,3)4/h6-9H,5H2,1-4H3. The molecule has 2 heterocycles. The van der Waals surface area contributed by atoms with Gasteiger partial charge in [-0.1, -0.05) is 13.0 Å². The Balaban J connectivity index is 2.94. The fourth-order valence-corrected chi connectivity index (χ4v) is 2.14. The molecule has 3 nitrogen and oxygen atoms in total. The molecule has 0 bridgehead atoms. The van der Waals surface area contributed by atoms with Crippen LogP contribution in [0.2, 0.25) is 0 Å². The van der Waals surface area contributed by atoms with Gasteiger partial charge >= 0.3 is 0 Å². The maximum atomic E-state index is 12.3. The molecule has 86 valence electrons. The number of rotatable bonds is 1. The van der Waals surface area contributed by atoms with Crippen LogP contribution in [0.1, 0.15) is 33.3 Å². The van der Waals surface area contributed by atoms with Crippen LogP contribution in [0.25, 0.3) is 5.52 Å². The third-order valence-electron chi connectivity index (χ3n) is 2.80. The van der Waals surface area contributed by atoms with Crippen molar-refractivity contribution in [3.8, 4) is 0 Å². The molecule has 0 radical (unpaired) electrons. The van der Waals surface area contributed by atoms with E-state index in [1.807, 2.05) is 61.3 Å². The van der Waals surface area contributed by atoms with E-state index >= 15 is 0 Å². The Morgan fingerprint density at radius 1 is 1.25 bits per heavy atom. The Morgan fingerprint density at radius 3 is 2.50 bits per heavy atom. The number of hydrogen-bond acceptors (Lipinski definition) is 1. The van der Waals surface area contributed by atoms with Gasteiger partial charge in [-0.25, -0.2) is 4.68 Å². The summed E-state index contributed by atoms with van der Waals surface area (Å²) in [6, 6.07) is 5.93. The summed E-state index contributed by atoms with van der Waals surface area (Å²) in [7, 11) is 0. The molecule has 0 saturated carbocycles. The summed E-state index contributed by atoms with van der Waals surface area (Å²) in [5.41, 5.74) is 1.84. The quantitative estimate of drug-likeness (QED) is 0.722. The third kappa shape index (κ3) is 1.47. The van der Waals surface area contributed by atoms with Crippen molar-refractivity contribution in [3.05, 3.63) is 40.3 Å². The Morgan fingerprint density at radius 2 is 1.94 bits per heavy atom. The van der Waals surface area contributed by atoms with Crippen molar-refractivity contribution >= 4 is 5.52 Å². The molecule has 0 amide bonds. The summed E-state index contributed by atoms with van der Waals surface area (Å²) in [4.78, 5) is 12.3. The summed E-state index contributed by atoms with van der Waals surface area (Å²) >= 11 is 0. The molecule has 3 heteroatoms. The first-order valence-corrected chi connectivity index (χ1v) is 5.68. The van der Waals surface area contributed by atoms with Crippen molar-refractivity contribution in [2.45, 2.75) is 39.7 Å². The number of hydrogen-bond donors (Lipinski definition) is 0. The van der Waals surface area contributed by atoms with Crippen LogP contribution >= 0.6 is 0 Å². The zero-order chi connectivity index (χ0) is 11.9. The molecule has 0 aliphatic rings. The molecule has 2 aromatic heterocycles. The van der Waals surface area contributed by atoms with E-state index in [-0.39, 0.29) is 11.1 Å². The molecule has 0 fully saturated rings. The van der Waals surface area contributed by atoms with E-state index in [9.17, 15) is 4.79 Å². The van der Waals surface area contributed by atoms with Crippen LogP contribution in [0, 0.1) is 0 Å². The van der Waals surface area contributed by atoms with Crippen molar-refractivity contribution < 1.29 is 0 Å². The first kappa shape index (κ1) is 11.0. The van der Waals surface area contributed by atoms with Crippen LogP contribution < -0.4 is 5.56 Å². The van der Waals surface area contributed by atoms with Crippen LogP contribution in [0.3, 0.4) is 0 Å². The lowest BCUT2D eigenvalue weighted by atomic mass is 10.1. The predicted molar refractivity (Wildman–Crippen MR) is 66.0 cm³/mol. The molecule has 0 aromatic carbocycles. The highest BCUT2D eigenvalue weighted by molar-refractivity contribution is 5.53. The van der Waals surface area contributed by atoms with Crippen molar-refractivity contribution in [1.29, 1.82) is 0 Å². The molecule has 2 aromatic rings. The molecule has 2 rings (SSSR count). The lowest BCUT2D eigenvalue weighted by Crippen LogP contribution is -2.35. The molecular formula is C13H18N2O. The summed E-state index contributed by atoms with van der Waals surface area (Å²) in [6.45, 7) is 8.17. The van der Waals surface area contributed by atoms with Gasteiger partial charge in [0.15, 0.2) is 0 Å². The highest BCUT2D eigenvalue weighted by atomic mass is 16.1. The van der Waals surface area contributed by atoms with Crippen LogP contribution in [0.4, 0.5) is 0 Å². The largest absolute Gasteiger partial charge is 0.271 e. The van der Waals surface area contributed by atoms with Crippen LogP contribution in [0.15, 0.2) is 29.2 Å². The molecule has 0 unspecified atom stereocenters. The second-order valence-electron chi connectivity index (χ2n) is 5.05. The van der Waals surface area contributed by atoms with E-state index < -0.39 is 0 Å². The van der Waals surface area contributed by atoms with E-state index in [0.717, 1.165) is 17.5 Å². The van der Waals surface area contributed by atoms with Gasteiger partial charge in [-0.2, -0.15) is 0 Å². The van der Waals surface area contributed by atoms with Crippen LogP contribution in [-0.4, -0.2) is 9.20 Å². The first-order chi connectivity index (χ1) is 7.46. The van der Waals surface area contributed by atoms with E-state index in [2.05, 4.69) is 0 Å². The fraction of sp³-hybridized carbons (Fsp3) is 0.462. The molecule has 0 N–H and O–H groups in total. The summed E-state index contributed by atoms with van der Waals surface area (Å²) in [5, 5.41) is 0. The normalized spacial score (nSPS) is 12.2. The summed E-state index contributed by atoms with van der Waals surface area (Å²) < 4.78 is 3.78. The van der Waals surface area contributed by atoms with Crippen molar-refractivity contribution in [3.63, 3.8) is 0 Å². The van der Waals surface area contributed by atoms with Gasteiger partial charge in [0.05, 0.1) is 11.1 Å². The van der Waals surface area contributed by atoms with Gasteiger partial charge < -0.3 is 0 Å². The minimum atomic E-state index is -0.200. The summed E-state index contributed by atoms with van der Waals surface area (Å²) in [6.07, 6.45) is 2.72. The molecule has 0 spiro atoms. The third-order valence-corrected chi connectivity index (χ3v) is 2.80. The van der Waals surface area contributed by atoms with E-state index in [1.165, 1.54) is 0 Å². The maximum absolute atomic E-state index is 12.3. The van der Waals surface area contributed by atoms with Crippen molar-refractivity contribution in [2.75, 3.05) is 0 Å². The van der Waals surface area contributed by atoms with Gasteiger partial charge in [0, 0.05) is 11.8 Å². The number of aryl methyl sites for hydroxylation is 1. The lowest BCUT2D eigenvalue weighted by Gasteiger charge is -2.21. The van der Waals surface area contributed by atoms with Crippen LogP contribution in [0.5, 0.6) is 0 Å². The number of fused-ring (bicyclic) bond motifs is 1. The topological polar surface area (TPSA) is 26.4 Å². The van der Waals surface area contributed by atoms with Crippen molar-refractivity contribution in [1.82, 2.24) is 9.20 Å². The molecule has 0 aliphatic carbocycles. The minimum absolute atomic E-state index is 0.126. The Labute approximate surface area is 95.3 Å². The summed E-state index contributed by atoms with van der Waals surface area (Å²) in [5.74, 6) is 0. The van der Waals surface area contributed by atoms with Crippen LogP contribution in [-0.2, 0) is 12.0 Å². The maximum Gasteiger partial charge on any atom is 0.271 e.